The first-order chi connectivity index (χ1) is 21.9. The van der Waals surface area contributed by atoms with Crippen LogP contribution in [0, 0.1) is 0 Å². The summed E-state index contributed by atoms with van der Waals surface area (Å²) in [5.74, 6) is 0.0649. The number of rotatable bonds is 8. The normalized spacial score (nSPS) is 14.6. The van der Waals surface area contributed by atoms with Crippen molar-refractivity contribution in [2.75, 3.05) is 17.1 Å². The van der Waals surface area contributed by atoms with Gasteiger partial charge in [0.25, 0.3) is 5.91 Å². The molecule has 6 rings (SSSR count). The summed E-state index contributed by atoms with van der Waals surface area (Å²) in [6.45, 7) is 0.148. The third-order valence-corrected chi connectivity index (χ3v) is 10.4. The Labute approximate surface area is 276 Å². The molecule has 9 nitrogen and oxygen atoms in total. The fourth-order valence-electron chi connectivity index (χ4n) is 5.02. The number of anilines is 1. The van der Waals surface area contributed by atoms with Crippen LogP contribution in [0.3, 0.4) is 0 Å². The number of imidazole rings is 1. The predicted molar refractivity (Wildman–Crippen MR) is 182 cm³/mol. The molecule has 1 amide bonds. The summed E-state index contributed by atoms with van der Waals surface area (Å²) in [5.41, 5.74) is 5.21. The van der Waals surface area contributed by atoms with E-state index in [0.717, 1.165) is 26.6 Å². The minimum absolute atomic E-state index is 0.264. The first-order valence-corrected chi connectivity index (χ1v) is 18.0. The molecule has 0 unspecified atom stereocenters. The molecule has 46 heavy (non-hydrogen) atoms. The Morgan fingerprint density at radius 3 is 2.30 bits per heavy atom. The van der Waals surface area contributed by atoms with Crippen molar-refractivity contribution in [3.63, 3.8) is 0 Å². The van der Waals surface area contributed by atoms with Gasteiger partial charge in [0.05, 0.1) is 21.3 Å². The van der Waals surface area contributed by atoms with E-state index >= 15 is 0 Å². The van der Waals surface area contributed by atoms with Crippen LogP contribution >= 0.6 is 23.2 Å². The van der Waals surface area contributed by atoms with Crippen LogP contribution in [0.1, 0.15) is 17.0 Å². The van der Waals surface area contributed by atoms with Gasteiger partial charge in [-0.05, 0) is 70.8 Å². The fraction of sp³-hybridized carbons (Fsp3) is 0.0909. The Balaban J connectivity index is 1.29. The number of carbonyl (C=O) groups excluding carboxylic acids is 1. The fourth-order valence-corrected chi connectivity index (χ4v) is 7.34. The number of hydrogen-bond donors (Lipinski definition) is 1. The Morgan fingerprint density at radius 2 is 1.65 bits per heavy atom. The lowest BCUT2D eigenvalue weighted by atomic mass is 10.0. The second-order valence-corrected chi connectivity index (χ2v) is 15.1. The molecule has 13 heteroatoms. The number of halogens is 2. The molecule has 0 spiro atoms. The van der Waals surface area contributed by atoms with Crippen molar-refractivity contribution in [2.24, 2.45) is 0 Å². The average Bonchev–Trinajstić information content (AvgIpc) is 3.54. The van der Waals surface area contributed by atoms with Gasteiger partial charge < -0.3 is 4.57 Å². The number of carbonyl (C=O) groups is 1. The number of nitrogens with one attached hydrogen (secondary N) is 1. The predicted octanol–water partition coefficient (Wildman–Crippen LogP) is 6.33. The molecule has 0 radical (unpaired) electrons. The molecule has 1 aliphatic rings. The van der Waals surface area contributed by atoms with Crippen LogP contribution in [0.2, 0.25) is 10.0 Å². The Hall–Kier alpha value is -4.42. The lowest BCUT2D eigenvalue weighted by molar-refractivity contribution is -0.117. The van der Waals surface area contributed by atoms with Crippen LogP contribution in [0.25, 0.3) is 34.5 Å². The number of nitrogens with zero attached hydrogens (tertiary/aromatic N) is 3. The van der Waals surface area contributed by atoms with E-state index in [4.69, 9.17) is 28.2 Å². The van der Waals surface area contributed by atoms with Gasteiger partial charge in [-0.25, -0.2) is 22.4 Å². The minimum Gasteiger partial charge on any atom is -0.326 e. The molecule has 5 aromatic rings. The number of benzene rings is 4. The van der Waals surface area contributed by atoms with Crippen LogP contribution in [0.4, 0.5) is 5.69 Å². The lowest BCUT2D eigenvalue weighted by Crippen LogP contribution is -2.29. The second kappa shape index (κ2) is 12.4. The van der Waals surface area contributed by atoms with Crippen molar-refractivity contribution >= 4 is 67.0 Å². The molecule has 234 valence electrons. The number of sulfone groups is 1. The van der Waals surface area contributed by atoms with E-state index in [0.29, 0.717) is 39.4 Å². The van der Waals surface area contributed by atoms with Crippen molar-refractivity contribution in [3.05, 3.63) is 124 Å². The second-order valence-electron chi connectivity index (χ2n) is 10.7. The van der Waals surface area contributed by atoms with Gasteiger partial charge in [0.1, 0.15) is 12.4 Å². The van der Waals surface area contributed by atoms with Crippen LogP contribution < -0.4 is 9.03 Å². The molecular formula is C33H26Cl2N4O5S2. The first kappa shape index (κ1) is 31.6. The van der Waals surface area contributed by atoms with Gasteiger partial charge in [-0.3, -0.25) is 4.79 Å². The van der Waals surface area contributed by atoms with Crippen molar-refractivity contribution in [1.29, 1.82) is 0 Å². The van der Waals surface area contributed by atoms with Crippen molar-refractivity contribution < 1.29 is 21.6 Å². The summed E-state index contributed by atoms with van der Waals surface area (Å²) >= 11 is 12.6. The largest absolute Gasteiger partial charge is 0.326 e. The molecule has 1 fully saturated rings. The van der Waals surface area contributed by atoms with Gasteiger partial charge in [-0.2, -0.15) is 8.42 Å². The van der Waals surface area contributed by atoms with E-state index in [1.165, 1.54) is 6.26 Å². The summed E-state index contributed by atoms with van der Waals surface area (Å²) < 4.78 is 53.4. The Kier molecular flexibility index (Phi) is 8.51. The topological polar surface area (TPSA) is 118 Å². The third-order valence-electron chi connectivity index (χ3n) is 7.34. The molecule has 1 aliphatic heterocycles. The molecule has 1 N–H and O–H groups in total. The third kappa shape index (κ3) is 6.87. The number of hydrogen-bond acceptors (Lipinski definition) is 6. The molecule has 0 bridgehead atoms. The molecule has 0 atom stereocenters. The average molecular weight is 694 g/mol. The van der Waals surface area contributed by atoms with Gasteiger partial charge in [0.2, 0.25) is 0 Å². The van der Waals surface area contributed by atoms with Crippen molar-refractivity contribution in [3.8, 4) is 22.4 Å². The van der Waals surface area contributed by atoms with Gasteiger partial charge in [0, 0.05) is 29.6 Å². The van der Waals surface area contributed by atoms with E-state index < -0.39 is 26.0 Å². The lowest BCUT2D eigenvalue weighted by Gasteiger charge is -2.15. The molecule has 0 saturated carbocycles. The maximum absolute atomic E-state index is 12.2. The summed E-state index contributed by atoms with van der Waals surface area (Å²) in [4.78, 5) is 16.8. The zero-order valence-corrected chi connectivity index (χ0v) is 27.4. The molecule has 1 saturated heterocycles. The maximum Gasteiger partial charge on any atom is 0.326 e. The summed E-state index contributed by atoms with van der Waals surface area (Å²) in [6.07, 6.45) is 6.88. The van der Waals surface area contributed by atoms with Crippen molar-refractivity contribution in [2.45, 2.75) is 11.4 Å². The van der Waals surface area contributed by atoms with Crippen LogP contribution in [0.15, 0.2) is 102 Å². The zero-order chi connectivity index (χ0) is 32.6. The monoisotopic (exact) mass is 692 g/mol. The Morgan fingerprint density at radius 1 is 0.913 bits per heavy atom. The zero-order valence-electron chi connectivity index (χ0n) is 24.3. The molecule has 0 aliphatic carbocycles. The quantitative estimate of drug-likeness (QED) is 0.203. The van der Waals surface area contributed by atoms with E-state index in [1.807, 2.05) is 64.0 Å². The highest BCUT2D eigenvalue weighted by molar-refractivity contribution is 7.92. The first-order valence-electron chi connectivity index (χ1n) is 13.9. The highest BCUT2D eigenvalue weighted by atomic mass is 35.5. The van der Waals surface area contributed by atoms with E-state index in [9.17, 15) is 21.6 Å². The van der Waals surface area contributed by atoms with E-state index in [2.05, 4.69) is 0 Å². The Bertz CT molecular complexity index is 2220. The van der Waals surface area contributed by atoms with Gasteiger partial charge in [-0.1, -0.05) is 77.8 Å². The van der Waals surface area contributed by atoms with Gasteiger partial charge in [0.15, 0.2) is 9.84 Å². The SMILES string of the molecule is CS(=O)(=O)c1cccc(-c2ccc(/C=C/c3nc(-c4ccc(Cl)cc4Cl)cn3Cc3ccc(N4CC(=O)NS4(=O)=O)cc3)cc2)c1. The number of aromatic nitrogens is 2. The molecule has 4 aromatic carbocycles. The summed E-state index contributed by atoms with van der Waals surface area (Å²) in [6, 6.07) is 26.7. The van der Waals surface area contributed by atoms with Gasteiger partial charge in [-0.15, -0.1) is 0 Å². The van der Waals surface area contributed by atoms with Gasteiger partial charge >= 0.3 is 10.2 Å². The van der Waals surface area contributed by atoms with Crippen LogP contribution in [-0.4, -0.2) is 45.1 Å². The van der Waals surface area contributed by atoms with Crippen LogP contribution in [0.5, 0.6) is 0 Å². The molecule has 1 aromatic heterocycles. The summed E-state index contributed by atoms with van der Waals surface area (Å²) in [5, 5.41) is 0.972. The molecular weight excluding hydrogens is 667 g/mol. The standard InChI is InChI=1S/C33H26Cl2N4O5S2/c1-45(41,42)28-4-2-3-25(17-28)24-10-5-22(6-11-24)9-16-32-36-31(29-15-12-26(34)18-30(29)35)20-38(32)19-23-7-13-27(14-8-23)39-21-33(40)37-46(39,43)44/h2-18,20H,19,21H2,1H3,(H,37,40)/b16-9+. The minimum atomic E-state index is -3.90. The number of amides is 1. The van der Waals surface area contributed by atoms with E-state index in [-0.39, 0.29) is 11.4 Å². The van der Waals surface area contributed by atoms with E-state index in [1.54, 1.807) is 54.6 Å². The summed E-state index contributed by atoms with van der Waals surface area (Å²) in [7, 11) is -7.22. The van der Waals surface area contributed by atoms with Crippen LogP contribution in [-0.2, 0) is 31.4 Å². The highest BCUT2D eigenvalue weighted by Crippen LogP contribution is 2.31. The smallest absolute Gasteiger partial charge is 0.326 e. The molecule has 2 heterocycles. The highest BCUT2D eigenvalue weighted by Gasteiger charge is 2.33. The maximum atomic E-state index is 12.2. The van der Waals surface area contributed by atoms with Crippen molar-refractivity contribution in [1.82, 2.24) is 14.3 Å².